The molecule has 3 N–H and O–H groups in total. The van der Waals surface area contributed by atoms with Crippen molar-refractivity contribution in [2.45, 2.75) is 12.8 Å². The molecule has 0 aromatic heterocycles. The van der Waals surface area contributed by atoms with Gasteiger partial charge in [0.1, 0.15) is 0 Å². The van der Waals surface area contributed by atoms with Gasteiger partial charge in [0.15, 0.2) is 0 Å². The normalized spacial score (nSPS) is 13.1. The van der Waals surface area contributed by atoms with E-state index in [9.17, 15) is 14.2 Å². The van der Waals surface area contributed by atoms with Crippen molar-refractivity contribution < 1.29 is 24.1 Å². The predicted molar refractivity (Wildman–Crippen MR) is 80.6 cm³/mol. The minimum atomic E-state index is -2.94. The Morgan fingerprint density at radius 3 is 2.43 bits per heavy atom. The highest BCUT2D eigenvalue weighted by Gasteiger charge is 2.14. The van der Waals surface area contributed by atoms with Crippen LogP contribution < -0.4 is 10.6 Å². The smallest absolute Gasteiger partial charge is 0.314 e. The van der Waals surface area contributed by atoms with Gasteiger partial charge in [-0.05, 0) is 18.9 Å². The lowest BCUT2D eigenvalue weighted by Crippen LogP contribution is -2.38. The van der Waals surface area contributed by atoms with Gasteiger partial charge in [0.2, 0.25) is 13.3 Å². The van der Waals surface area contributed by atoms with Gasteiger partial charge in [-0.15, -0.1) is 0 Å². The fourth-order valence-corrected chi connectivity index (χ4v) is 2.27. The molecule has 3 amide bonds. The maximum absolute atomic E-state index is 11.4. The number of carbonyl (C=O) groups is 2. The summed E-state index contributed by atoms with van der Waals surface area (Å²) in [5, 5.41) is 13.6. The molecule has 0 aromatic carbocycles. The van der Waals surface area contributed by atoms with E-state index in [1.54, 1.807) is 7.05 Å². The van der Waals surface area contributed by atoms with Crippen LogP contribution in [0.15, 0.2) is 12.7 Å². The summed E-state index contributed by atoms with van der Waals surface area (Å²) in [7, 11) is -1.28. The van der Waals surface area contributed by atoms with Gasteiger partial charge < -0.3 is 15.5 Å². The molecule has 0 spiro atoms. The molecular formula is C12H24N3O5P. The van der Waals surface area contributed by atoms with Crippen molar-refractivity contribution in [3.05, 3.63) is 12.7 Å². The number of hydrogen-bond donors (Lipinski definition) is 3. The van der Waals surface area contributed by atoms with E-state index in [2.05, 4.69) is 21.9 Å². The lowest BCUT2D eigenvalue weighted by molar-refractivity contribution is -0.134. The second kappa shape index (κ2) is 10.4. The molecule has 0 aromatic rings. The summed E-state index contributed by atoms with van der Waals surface area (Å²) in [5.74, 6) is -0.158. The molecule has 9 heteroatoms. The fourth-order valence-electron chi connectivity index (χ4n) is 1.46. The first kappa shape index (κ1) is 19.6. The van der Waals surface area contributed by atoms with Crippen LogP contribution >= 0.6 is 7.37 Å². The van der Waals surface area contributed by atoms with Gasteiger partial charge in [-0.3, -0.25) is 9.36 Å². The number of rotatable bonds is 10. The molecule has 0 heterocycles. The molecule has 122 valence electrons. The molecule has 0 saturated carbocycles. The molecule has 1 unspecified atom stereocenters. The number of nitrogens with one attached hydrogen (secondary N) is 2. The average molecular weight is 321 g/mol. The predicted octanol–water partition coefficient (Wildman–Crippen LogP) is 1.11. The summed E-state index contributed by atoms with van der Waals surface area (Å²) in [6, 6.07) is -0.330. The molecule has 21 heavy (non-hydrogen) atoms. The van der Waals surface area contributed by atoms with E-state index in [0.717, 1.165) is 0 Å². The van der Waals surface area contributed by atoms with Gasteiger partial charge in [0.05, 0.1) is 0 Å². The van der Waals surface area contributed by atoms with Crippen LogP contribution in [0.4, 0.5) is 4.79 Å². The number of amides is 3. The Balaban J connectivity index is 3.62. The fraction of sp³-hybridized carbons (Fsp3) is 0.667. The third kappa shape index (κ3) is 10.1. The van der Waals surface area contributed by atoms with Crippen LogP contribution in [-0.2, 0) is 14.0 Å². The molecule has 0 aliphatic rings. The first-order chi connectivity index (χ1) is 9.82. The zero-order chi connectivity index (χ0) is 16.3. The summed E-state index contributed by atoms with van der Waals surface area (Å²) in [6.07, 6.45) is 2.51. The minimum absolute atomic E-state index is 0.158. The summed E-state index contributed by atoms with van der Waals surface area (Å²) >= 11 is 0. The Bertz CT molecular complexity index is 402. The summed E-state index contributed by atoms with van der Waals surface area (Å²) in [6.45, 7) is 6.01. The van der Waals surface area contributed by atoms with Crippen molar-refractivity contribution in [2.24, 2.45) is 0 Å². The SMILES string of the molecule is C=CC(=O)N(C)CCCNC(=O)NCCCP(C)(=O)OO. The molecular weight excluding hydrogens is 297 g/mol. The molecule has 8 nitrogen and oxygen atoms in total. The highest BCUT2D eigenvalue weighted by atomic mass is 31.2. The van der Waals surface area contributed by atoms with Crippen LogP contribution in [0.1, 0.15) is 12.8 Å². The molecule has 0 aliphatic heterocycles. The molecule has 0 rings (SSSR count). The van der Waals surface area contributed by atoms with Gasteiger partial charge in [0, 0.05) is 39.5 Å². The van der Waals surface area contributed by atoms with Gasteiger partial charge in [0.25, 0.3) is 0 Å². The van der Waals surface area contributed by atoms with Crippen LogP contribution in [0.25, 0.3) is 0 Å². The molecule has 0 radical (unpaired) electrons. The first-order valence-corrected chi connectivity index (χ1v) is 8.87. The standard InChI is InChI=1S/C12H24N3O5P/c1-4-11(16)15(2)9-5-7-13-12(17)14-8-6-10-21(3,19)20-18/h4,18H,1,5-10H2,2-3H3,(H2,13,14,17). The van der Waals surface area contributed by atoms with Gasteiger partial charge >= 0.3 is 6.03 Å². The second-order valence-electron chi connectivity index (χ2n) is 4.67. The van der Waals surface area contributed by atoms with Crippen molar-refractivity contribution in [2.75, 3.05) is 39.5 Å². The monoisotopic (exact) mass is 321 g/mol. The van der Waals surface area contributed by atoms with Gasteiger partial charge in [-0.2, -0.15) is 4.67 Å². The van der Waals surface area contributed by atoms with Crippen molar-refractivity contribution in [1.82, 2.24) is 15.5 Å². The minimum Gasteiger partial charge on any atom is -0.342 e. The van der Waals surface area contributed by atoms with Crippen LogP contribution in [-0.4, -0.2) is 61.6 Å². The summed E-state index contributed by atoms with van der Waals surface area (Å²) in [4.78, 5) is 24.1. The highest BCUT2D eigenvalue weighted by molar-refractivity contribution is 7.57. The van der Waals surface area contributed by atoms with Crippen LogP contribution in [0.3, 0.4) is 0 Å². The van der Waals surface area contributed by atoms with E-state index in [1.807, 2.05) is 0 Å². The Kier molecular flexibility index (Phi) is 9.69. The Morgan fingerprint density at radius 1 is 1.33 bits per heavy atom. The maximum Gasteiger partial charge on any atom is 0.314 e. The van der Waals surface area contributed by atoms with Crippen molar-refractivity contribution >= 4 is 19.3 Å². The number of nitrogens with zero attached hydrogens (tertiary/aromatic N) is 1. The number of likely N-dealkylation sites (N-methyl/N-ethyl adjacent to an activating group) is 1. The van der Waals surface area contributed by atoms with Gasteiger partial charge in [-0.25, -0.2) is 10.1 Å². The zero-order valence-corrected chi connectivity index (χ0v) is 13.4. The average Bonchev–Trinajstić information content (AvgIpc) is 2.47. The molecule has 0 bridgehead atoms. The van der Waals surface area contributed by atoms with E-state index < -0.39 is 7.37 Å². The highest BCUT2D eigenvalue weighted by Crippen LogP contribution is 2.41. The molecule has 0 fully saturated rings. The van der Waals surface area contributed by atoms with E-state index in [-0.39, 0.29) is 18.1 Å². The lowest BCUT2D eigenvalue weighted by atomic mass is 10.4. The topological polar surface area (TPSA) is 108 Å². The van der Waals surface area contributed by atoms with Crippen LogP contribution in [0.2, 0.25) is 0 Å². The molecule has 0 aliphatic carbocycles. The first-order valence-electron chi connectivity index (χ1n) is 6.61. The van der Waals surface area contributed by atoms with E-state index in [0.29, 0.717) is 32.5 Å². The second-order valence-corrected chi connectivity index (χ2v) is 7.31. The van der Waals surface area contributed by atoms with Crippen molar-refractivity contribution in [3.8, 4) is 0 Å². The molecule has 1 atom stereocenters. The number of hydrogen-bond acceptors (Lipinski definition) is 5. The Hall–Kier alpha value is -1.37. The van der Waals surface area contributed by atoms with Gasteiger partial charge in [-0.1, -0.05) is 6.58 Å². The summed E-state index contributed by atoms with van der Waals surface area (Å²) < 4.78 is 15.2. The third-order valence-corrected chi connectivity index (χ3v) is 4.18. The van der Waals surface area contributed by atoms with Crippen LogP contribution in [0, 0.1) is 0 Å². The largest absolute Gasteiger partial charge is 0.342 e. The Morgan fingerprint density at radius 2 is 1.90 bits per heavy atom. The zero-order valence-electron chi connectivity index (χ0n) is 12.5. The number of carbonyl (C=O) groups excluding carboxylic acids is 2. The van der Waals surface area contributed by atoms with E-state index >= 15 is 0 Å². The maximum atomic E-state index is 11.4. The Labute approximate surface area is 124 Å². The molecule has 0 saturated heterocycles. The van der Waals surface area contributed by atoms with E-state index in [4.69, 9.17) is 5.26 Å². The summed E-state index contributed by atoms with van der Waals surface area (Å²) in [5.41, 5.74) is 0. The number of urea groups is 1. The lowest BCUT2D eigenvalue weighted by Gasteiger charge is -2.15. The van der Waals surface area contributed by atoms with Crippen LogP contribution in [0.5, 0.6) is 0 Å². The van der Waals surface area contributed by atoms with Crippen molar-refractivity contribution in [1.29, 1.82) is 0 Å². The quantitative estimate of drug-likeness (QED) is 0.184. The van der Waals surface area contributed by atoms with Crippen molar-refractivity contribution in [3.63, 3.8) is 0 Å². The van der Waals surface area contributed by atoms with E-state index in [1.165, 1.54) is 17.6 Å². The third-order valence-electron chi connectivity index (χ3n) is 2.71.